The van der Waals surface area contributed by atoms with E-state index in [1.807, 2.05) is 31.4 Å². The van der Waals surface area contributed by atoms with Crippen LogP contribution in [0.25, 0.3) is 0 Å². The van der Waals surface area contributed by atoms with Crippen molar-refractivity contribution in [1.82, 2.24) is 10.3 Å². The second kappa shape index (κ2) is 6.07. The molecule has 0 saturated carbocycles. The molecule has 0 aliphatic heterocycles. The van der Waals surface area contributed by atoms with Crippen LogP contribution in [0.4, 0.5) is 4.39 Å². The maximum atomic E-state index is 13.4. The number of nitrogens with zero attached hydrogens (tertiary/aromatic N) is 1. The zero-order chi connectivity index (χ0) is 13.0. The van der Waals surface area contributed by atoms with Crippen LogP contribution in [-0.4, -0.2) is 12.0 Å². The first kappa shape index (κ1) is 13.2. The fourth-order valence-corrected chi connectivity index (χ4v) is 2.40. The van der Waals surface area contributed by atoms with Crippen molar-refractivity contribution in [2.75, 3.05) is 7.05 Å². The number of rotatable bonds is 4. The fourth-order valence-electron chi connectivity index (χ4n) is 1.92. The van der Waals surface area contributed by atoms with Crippen LogP contribution in [0.1, 0.15) is 17.2 Å². The van der Waals surface area contributed by atoms with E-state index in [0.29, 0.717) is 0 Å². The molecule has 2 aromatic rings. The van der Waals surface area contributed by atoms with Gasteiger partial charge in [0.25, 0.3) is 0 Å². The Hall–Kier alpha value is -1.26. The monoisotopic (exact) mass is 308 g/mol. The number of aromatic nitrogens is 1. The number of hydrogen-bond acceptors (Lipinski definition) is 2. The molecule has 1 aromatic carbocycles. The van der Waals surface area contributed by atoms with Crippen LogP contribution < -0.4 is 5.32 Å². The Kier molecular flexibility index (Phi) is 4.44. The molecule has 0 saturated heterocycles. The van der Waals surface area contributed by atoms with E-state index in [1.165, 1.54) is 6.07 Å². The minimum atomic E-state index is -0.231. The highest BCUT2D eigenvalue weighted by Gasteiger charge is 2.12. The summed E-state index contributed by atoms with van der Waals surface area (Å²) in [5.41, 5.74) is 2.05. The van der Waals surface area contributed by atoms with Crippen molar-refractivity contribution >= 4 is 15.9 Å². The van der Waals surface area contributed by atoms with Crippen molar-refractivity contribution in [3.8, 4) is 0 Å². The summed E-state index contributed by atoms with van der Waals surface area (Å²) in [6, 6.07) is 8.94. The van der Waals surface area contributed by atoms with Crippen LogP contribution >= 0.6 is 15.9 Å². The van der Waals surface area contributed by atoms with Gasteiger partial charge in [0.15, 0.2) is 0 Å². The van der Waals surface area contributed by atoms with Crippen LogP contribution in [0.5, 0.6) is 0 Å². The molecule has 1 heterocycles. The van der Waals surface area contributed by atoms with Crippen LogP contribution in [-0.2, 0) is 6.42 Å². The van der Waals surface area contributed by atoms with Gasteiger partial charge in [0, 0.05) is 22.9 Å². The zero-order valence-electron chi connectivity index (χ0n) is 10.0. The van der Waals surface area contributed by atoms with Gasteiger partial charge in [-0.1, -0.05) is 22.0 Å². The molecule has 2 rings (SSSR count). The predicted octanol–water partition coefficient (Wildman–Crippen LogP) is 3.49. The quantitative estimate of drug-likeness (QED) is 0.935. The van der Waals surface area contributed by atoms with E-state index in [1.54, 1.807) is 12.3 Å². The van der Waals surface area contributed by atoms with E-state index in [9.17, 15) is 4.39 Å². The molecule has 0 radical (unpaired) electrons. The second-order valence-corrected chi connectivity index (χ2v) is 5.03. The Bertz CT molecular complexity index is 496. The van der Waals surface area contributed by atoms with Gasteiger partial charge < -0.3 is 5.32 Å². The molecule has 2 nitrogen and oxygen atoms in total. The van der Waals surface area contributed by atoms with Gasteiger partial charge in [-0.05, 0) is 48.9 Å². The third-order valence-electron chi connectivity index (χ3n) is 2.80. The summed E-state index contributed by atoms with van der Waals surface area (Å²) in [7, 11) is 1.87. The smallest absolute Gasteiger partial charge is 0.124 e. The lowest BCUT2D eigenvalue weighted by Crippen LogP contribution is -2.19. The number of halogens is 2. The van der Waals surface area contributed by atoms with Crippen molar-refractivity contribution in [3.63, 3.8) is 0 Å². The molecule has 1 unspecified atom stereocenters. The maximum Gasteiger partial charge on any atom is 0.124 e. The molecule has 0 spiro atoms. The van der Waals surface area contributed by atoms with Crippen LogP contribution in [0.3, 0.4) is 0 Å². The molecule has 0 amide bonds. The SMILES string of the molecule is CNC(Cc1cccnc1)c1cc(F)cc(Br)c1. The molecule has 0 bridgehead atoms. The lowest BCUT2D eigenvalue weighted by Gasteiger charge is -2.17. The predicted molar refractivity (Wildman–Crippen MR) is 73.8 cm³/mol. The van der Waals surface area contributed by atoms with Crippen LogP contribution in [0.2, 0.25) is 0 Å². The Labute approximate surface area is 114 Å². The van der Waals surface area contributed by atoms with E-state index >= 15 is 0 Å². The molecule has 0 aliphatic carbocycles. The average Bonchev–Trinajstić information content (AvgIpc) is 2.36. The Balaban J connectivity index is 2.23. The minimum Gasteiger partial charge on any atom is -0.313 e. The molecule has 94 valence electrons. The third kappa shape index (κ3) is 3.37. The highest BCUT2D eigenvalue weighted by Crippen LogP contribution is 2.22. The number of hydrogen-bond donors (Lipinski definition) is 1. The van der Waals surface area contributed by atoms with Crippen molar-refractivity contribution < 1.29 is 4.39 Å². The lowest BCUT2D eigenvalue weighted by atomic mass is 10.00. The minimum absolute atomic E-state index is 0.0706. The number of nitrogens with one attached hydrogen (secondary N) is 1. The van der Waals surface area contributed by atoms with E-state index in [4.69, 9.17) is 0 Å². The molecule has 1 N–H and O–H groups in total. The van der Waals surface area contributed by atoms with Crippen molar-refractivity contribution in [2.45, 2.75) is 12.5 Å². The molecule has 1 aromatic heterocycles. The highest BCUT2D eigenvalue weighted by atomic mass is 79.9. The van der Waals surface area contributed by atoms with Crippen molar-refractivity contribution in [1.29, 1.82) is 0 Å². The highest BCUT2D eigenvalue weighted by molar-refractivity contribution is 9.10. The summed E-state index contributed by atoms with van der Waals surface area (Å²) in [5.74, 6) is -0.231. The number of likely N-dealkylation sites (N-methyl/N-ethyl adjacent to an activating group) is 1. The Morgan fingerprint density at radius 1 is 1.39 bits per heavy atom. The largest absolute Gasteiger partial charge is 0.313 e. The standard InChI is InChI=1S/C14H14BrFN2/c1-17-14(5-10-3-2-4-18-9-10)11-6-12(15)8-13(16)7-11/h2-4,6-9,14,17H,5H2,1H3. The Morgan fingerprint density at radius 3 is 2.83 bits per heavy atom. The van der Waals surface area contributed by atoms with Crippen molar-refractivity contribution in [2.24, 2.45) is 0 Å². The number of benzene rings is 1. The summed E-state index contributed by atoms with van der Waals surface area (Å²) in [6.07, 6.45) is 4.36. The molecule has 18 heavy (non-hydrogen) atoms. The second-order valence-electron chi connectivity index (χ2n) is 4.11. The average molecular weight is 309 g/mol. The normalized spacial score (nSPS) is 12.4. The molecule has 4 heteroatoms. The van der Waals surface area contributed by atoms with Gasteiger partial charge in [-0.2, -0.15) is 0 Å². The summed E-state index contributed by atoms with van der Waals surface area (Å²) >= 11 is 3.32. The van der Waals surface area contributed by atoms with Crippen LogP contribution in [0, 0.1) is 5.82 Å². The maximum absolute atomic E-state index is 13.4. The topological polar surface area (TPSA) is 24.9 Å². The van der Waals surface area contributed by atoms with Gasteiger partial charge >= 0.3 is 0 Å². The summed E-state index contributed by atoms with van der Waals surface area (Å²) in [6.45, 7) is 0. The molecule has 0 fully saturated rings. The van der Waals surface area contributed by atoms with Gasteiger partial charge in [-0.15, -0.1) is 0 Å². The molecule has 1 atom stereocenters. The molecule has 0 aliphatic rings. The van der Waals surface area contributed by atoms with E-state index in [2.05, 4.69) is 26.2 Å². The first-order valence-corrected chi connectivity index (χ1v) is 6.50. The van der Waals surface area contributed by atoms with Crippen molar-refractivity contribution in [3.05, 3.63) is 64.1 Å². The molecular formula is C14H14BrFN2. The fraction of sp³-hybridized carbons (Fsp3) is 0.214. The van der Waals surface area contributed by atoms with E-state index in [-0.39, 0.29) is 11.9 Å². The Morgan fingerprint density at radius 2 is 2.22 bits per heavy atom. The van der Waals surface area contributed by atoms with Gasteiger partial charge in [0.05, 0.1) is 0 Å². The first-order chi connectivity index (χ1) is 8.69. The molecular weight excluding hydrogens is 295 g/mol. The summed E-state index contributed by atoms with van der Waals surface area (Å²) < 4.78 is 14.1. The van der Waals surface area contributed by atoms with E-state index in [0.717, 1.165) is 22.0 Å². The summed E-state index contributed by atoms with van der Waals surface area (Å²) in [5, 5.41) is 3.21. The van der Waals surface area contributed by atoms with E-state index < -0.39 is 0 Å². The van der Waals surface area contributed by atoms with Crippen LogP contribution in [0.15, 0.2) is 47.2 Å². The summed E-state index contributed by atoms with van der Waals surface area (Å²) in [4.78, 5) is 4.09. The lowest BCUT2D eigenvalue weighted by molar-refractivity contribution is 0.576. The zero-order valence-corrected chi connectivity index (χ0v) is 11.6. The van der Waals surface area contributed by atoms with Gasteiger partial charge in [-0.25, -0.2) is 4.39 Å². The van der Waals surface area contributed by atoms with Gasteiger partial charge in [0.2, 0.25) is 0 Å². The third-order valence-corrected chi connectivity index (χ3v) is 3.26. The first-order valence-electron chi connectivity index (χ1n) is 5.71. The van der Waals surface area contributed by atoms with Gasteiger partial charge in [0.1, 0.15) is 5.82 Å². The number of pyridine rings is 1. The van der Waals surface area contributed by atoms with Gasteiger partial charge in [-0.3, -0.25) is 4.98 Å².